The van der Waals surface area contributed by atoms with Crippen LogP contribution in [0.3, 0.4) is 0 Å². The lowest BCUT2D eigenvalue weighted by Gasteiger charge is -2.32. The first-order valence-electron chi connectivity index (χ1n) is 10.2. The van der Waals surface area contributed by atoms with Crippen LogP contribution in [0.5, 0.6) is 5.75 Å². The normalized spacial score (nSPS) is 18.3. The van der Waals surface area contributed by atoms with Gasteiger partial charge in [0.15, 0.2) is 0 Å². The fraction of sp³-hybridized carbons (Fsp3) is 0.591. The van der Waals surface area contributed by atoms with E-state index in [0.717, 1.165) is 0 Å². The van der Waals surface area contributed by atoms with Gasteiger partial charge in [0.25, 0.3) is 0 Å². The van der Waals surface area contributed by atoms with Crippen molar-refractivity contribution in [3.05, 3.63) is 35.1 Å². The molecule has 166 valence electrons. The van der Waals surface area contributed by atoms with Crippen LogP contribution in [0.4, 0.5) is 9.18 Å². The summed E-state index contributed by atoms with van der Waals surface area (Å²) in [6.45, 7) is 15.5. The lowest BCUT2D eigenvalue weighted by Crippen LogP contribution is -2.41. The third kappa shape index (κ3) is 6.22. The van der Waals surface area contributed by atoms with Crippen molar-refractivity contribution >= 4 is 19.3 Å². The van der Waals surface area contributed by atoms with Gasteiger partial charge in [0.05, 0.1) is 17.8 Å². The van der Waals surface area contributed by atoms with Gasteiger partial charge < -0.3 is 24.1 Å². The summed E-state index contributed by atoms with van der Waals surface area (Å²) in [5.74, 6) is 0.0171. The summed E-state index contributed by atoms with van der Waals surface area (Å²) in [4.78, 5) is 12.1. The molecule has 1 heterocycles. The van der Waals surface area contributed by atoms with Crippen LogP contribution in [0.25, 0.3) is 6.08 Å². The van der Waals surface area contributed by atoms with Gasteiger partial charge in [0.2, 0.25) is 0 Å². The van der Waals surface area contributed by atoms with Gasteiger partial charge in [0, 0.05) is 18.2 Å². The van der Waals surface area contributed by atoms with Crippen LogP contribution in [0.15, 0.2) is 23.7 Å². The third-order valence-corrected chi connectivity index (χ3v) is 5.02. The summed E-state index contributed by atoms with van der Waals surface area (Å²) in [5.41, 5.74) is -0.851. The molecule has 30 heavy (non-hydrogen) atoms. The smallest absolute Gasteiger partial charge is 0.492 e. The Morgan fingerprint density at radius 1 is 1.20 bits per heavy atom. The van der Waals surface area contributed by atoms with E-state index in [2.05, 4.69) is 5.32 Å². The summed E-state index contributed by atoms with van der Waals surface area (Å²) < 4.78 is 37.5. The minimum Gasteiger partial charge on any atom is -0.494 e. The number of carbonyl (C=O) groups excluding carboxylic acids is 1. The molecule has 0 radical (unpaired) electrons. The van der Waals surface area contributed by atoms with Crippen molar-refractivity contribution in [3.63, 3.8) is 0 Å². The monoisotopic (exact) mass is 421 g/mol. The summed E-state index contributed by atoms with van der Waals surface area (Å²) >= 11 is 0. The summed E-state index contributed by atoms with van der Waals surface area (Å²) in [5, 5.41) is 2.71. The molecule has 0 unspecified atom stereocenters. The Bertz CT molecular complexity index is 785. The molecule has 0 spiro atoms. The fourth-order valence-corrected chi connectivity index (χ4v) is 2.77. The Balaban J connectivity index is 2.30. The van der Waals surface area contributed by atoms with Gasteiger partial charge in [-0.1, -0.05) is 6.08 Å². The molecule has 8 heteroatoms. The lowest BCUT2D eigenvalue weighted by molar-refractivity contribution is 0.00578. The van der Waals surface area contributed by atoms with Crippen molar-refractivity contribution in [2.24, 2.45) is 0 Å². The fourth-order valence-electron chi connectivity index (χ4n) is 2.77. The van der Waals surface area contributed by atoms with E-state index in [1.807, 2.05) is 34.6 Å². The minimum atomic E-state index is -0.740. The molecular weight excluding hydrogens is 388 g/mol. The molecule has 1 aliphatic heterocycles. The molecule has 1 aromatic rings. The highest BCUT2D eigenvalue weighted by molar-refractivity contribution is 6.56. The number of rotatable bonds is 6. The number of halogens is 1. The van der Waals surface area contributed by atoms with Gasteiger partial charge in [-0.3, -0.25) is 0 Å². The topological polar surface area (TPSA) is 66.0 Å². The number of ether oxygens (including phenoxy) is 2. The van der Waals surface area contributed by atoms with Crippen molar-refractivity contribution in [2.45, 2.75) is 72.2 Å². The number of benzene rings is 1. The standard InChI is InChI=1S/C22H33BFNO5/c1-9-27-17-11-10-15(18(24)13-17)12-16(14-25-19(26)28-20(2,3)4)23-29-21(5,6)22(7,8)30-23/h10-13H,9,14H2,1-8H3,(H,25,26). The van der Waals surface area contributed by atoms with Gasteiger partial charge in [0.1, 0.15) is 17.2 Å². The second kappa shape index (κ2) is 8.98. The van der Waals surface area contributed by atoms with Gasteiger partial charge in [-0.25, -0.2) is 9.18 Å². The molecule has 0 atom stereocenters. The van der Waals surface area contributed by atoms with Gasteiger partial charge in [-0.05, 0) is 73.0 Å². The molecule has 1 aromatic carbocycles. The predicted molar refractivity (Wildman–Crippen MR) is 116 cm³/mol. The summed E-state index contributed by atoms with van der Waals surface area (Å²) in [6, 6.07) is 4.65. The molecule has 1 fully saturated rings. The highest BCUT2D eigenvalue weighted by atomic mass is 19.1. The maximum absolute atomic E-state index is 14.6. The van der Waals surface area contributed by atoms with Crippen LogP contribution < -0.4 is 10.1 Å². The van der Waals surface area contributed by atoms with Gasteiger partial charge in [-0.15, -0.1) is 0 Å². The van der Waals surface area contributed by atoms with E-state index in [1.165, 1.54) is 6.07 Å². The van der Waals surface area contributed by atoms with E-state index < -0.39 is 35.8 Å². The number of nitrogens with one attached hydrogen (secondary N) is 1. The number of hydrogen-bond acceptors (Lipinski definition) is 5. The SMILES string of the molecule is CCOc1ccc(C=C(CNC(=O)OC(C)(C)C)B2OC(C)(C)C(C)(C)O2)c(F)c1. The van der Waals surface area contributed by atoms with Crippen LogP contribution in [-0.4, -0.2) is 43.2 Å². The van der Waals surface area contributed by atoms with E-state index >= 15 is 0 Å². The molecule has 6 nitrogen and oxygen atoms in total. The maximum atomic E-state index is 14.6. The second-order valence-electron chi connectivity index (χ2n) is 9.28. The van der Waals surface area contributed by atoms with Gasteiger partial charge >= 0.3 is 13.2 Å². The van der Waals surface area contributed by atoms with Crippen LogP contribution in [0.2, 0.25) is 0 Å². The molecule has 0 saturated carbocycles. The number of amides is 1. The Morgan fingerprint density at radius 2 is 1.80 bits per heavy atom. The second-order valence-corrected chi connectivity index (χ2v) is 9.28. The van der Waals surface area contributed by atoms with E-state index in [4.69, 9.17) is 18.8 Å². The highest BCUT2D eigenvalue weighted by Gasteiger charge is 2.52. The summed E-state index contributed by atoms with van der Waals surface area (Å²) in [6.07, 6.45) is 1.06. The van der Waals surface area contributed by atoms with E-state index in [9.17, 15) is 9.18 Å². The lowest BCUT2D eigenvalue weighted by atomic mass is 9.77. The first-order valence-corrected chi connectivity index (χ1v) is 10.2. The molecule has 1 saturated heterocycles. The van der Waals surface area contributed by atoms with Gasteiger partial charge in [-0.2, -0.15) is 0 Å². The average Bonchev–Trinajstić information content (AvgIpc) is 2.79. The molecule has 1 aliphatic rings. The molecule has 1 amide bonds. The zero-order valence-corrected chi connectivity index (χ0v) is 19.2. The Labute approximate surface area is 179 Å². The van der Waals surface area contributed by atoms with Crippen LogP contribution >= 0.6 is 0 Å². The summed E-state index contributed by atoms with van der Waals surface area (Å²) in [7, 11) is -0.740. The quantitative estimate of drug-likeness (QED) is 0.671. The predicted octanol–water partition coefficient (Wildman–Crippen LogP) is 4.76. The van der Waals surface area contributed by atoms with Crippen molar-refractivity contribution < 1.29 is 28.0 Å². The first-order chi connectivity index (χ1) is 13.7. The van der Waals surface area contributed by atoms with Crippen molar-refractivity contribution in [3.8, 4) is 5.75 Å². The van der Waals surface area contributed by atoms with E-state index in [1.54, 1.807) is 39.0 Å². The van der Waals surface area contributed by atoms with Crippen LogP contribution in [0, 0.1) is 5.82 Å². The zero-order chi connectivity index (χ0) is 22.7. The van der Waals surface area contributed by atoms with Crippen molar-refractivity contribution in [1.29, 1.82) is 0 Å². The van der Waals surface area contributed by atoms with Crippen molar-refractivity contribution in [1.82, 2.24) is 5.32 Å². The molecular formula is C22H33BFNO5. The highest BCUT2D eigenvalue weighted by Crippen LogP contribution is 2.39. The average molecular weight is 421 g/mol. The van der Waals surface area contributed by atoms with E-state index in [-0.39, 0.29) is 6.54 Å². The Hall–Kier alpha value is -2.06. The number of alkyl carbamates (subject to hydrolysis) is 1. The Morgan fingerprint density at radius 3 is 2.30 bits per heavy atom. The third-order valence-electron chi connectivity index (χ3n) is 5.02. The van der Waals surface area contributed by atoms with Crippen LogP contribution in [-0.2, 0) is 14.0 Å². The molecule has 0 aliphatic carbocycles. The minimum absolute atomic E-state index is 0.0817. The number of carbonyl (C=O) groups is 1. The molecule has 0 bridgehead atoms. The molecule has 2 rings (SSSR count). The van der Waals surface area contributed by atoms with E-state index in [0.29, 0.717) is 23.4 Å². The molecule has 1 N–H and O–H groups in total. The largest absolute Gasteiger partial charge is 0.494 e. The molecule has 0 aromatic heterocycles. The Kier molecular flexibility index (Phi) is 7.25. The van der Waals surface area contributed by atoms with Crippen molar-refractivity contribution in [2.75, 3.05) is 13.2 Å². The van der Waals surface area contributed by atoms with Crippen LogP contribution in [0.1, 0.15) is 61.0 Å². The zero-order valence-electron chi connectivity index (χ0n) is 19.2. The first kappa shape index (κ1) is 24.2. The number of hydrogen-bond donors (Lipinski definition) is 1. The maximum Gasteiger partial charge on any atom is 0.492 e.